The van der Waals surface area contributed by atoms with Gasteiger partial charge < -0.3 is 5.11 Å². The molecule has 1 aliphatic rings. The summed E-state index contributed by atoms with van der Waals surface area (Å²) in [6, 6.07) is 2.57. The lowest BCUT2D eigenvalue weighted by atomic mass is 10.2. The molecular formula is C12H16FNO5S2. The predicted octanol–water partition coefficient (Wildman–Crippen LogP) is 0.278. The van der Waals surface area contributed by atoms with Gasteiger partial charge in [0.25, 0.3) is 0 Å². The van der Waals surface area contributed by atoms with E-state index in [1.807, 2.05) is 0 Å². The van der Waals surface area contributed by atoms with Crippen LogP contribution < -0.4 is 4.72 Å². The van der Waals surface area contributed by atoms with Gasteiger partial charge in [0.2, 0.25) is 10.0 Å². The Morgan fingerprint density at radius 1 is 1.33 bits per heavy atom. The first kappa shape index (κ1) is 16.3. The second-order valence-electron chi connectivity index (χ2n) is 5.12. The van der Waals surface area contributed by atoms with Crippen LogP contribution in [0.2, 0.25) is 0 Å². The van der Waals surface area contributed by atoms with E-state index in [1.54, 1.807) is 0 Å². The van der Waals surface area contributed by atoms with E-state index >= 15 is 0 Å². The summed E-state index contributed by atoms with van der Waals surface area (Å²) in [5.74, 6) is -0.976. The standard InChI is InChI=1S/C12H16FNO5S2/c1-20(16,17)9-4-5-10(13)12(6-9)21(18,19)14-7-11(15)8-2-3-8/h4-6,8,11,14-15H,2-3,7H2,1H3. The van der Waals surface area contributed by atoms with Crippen molar-refractivity contribution >= 4 is 19.9 Å². The Kier molecular flexibility index (Phi) is 4.39. The van der Waals surface area contributed by atoms with Crippen molar-refractivity contribution < 1.29 is 26.3 Å². The maximum atomic E-state index is 13.7. The normalized spacial score (nSPS) is 17.7. The number of aliphatic hydroxyl groups excluding tert-OH is 1. The third-order valence-electron chi connectivity index (χ3n) is 3.27. The van der Waals surface area contributed by atoms with Crippen molar-refractivity contribution in [3.63, 3.8) is 0 Å². The highest BCUT2D eigenvalue weighted by atomic mass is 32.2. The van der Waals surface area contributed by atoms with E-state index in [0.717, 1.165) is 37.3 Å². The summed E-state index contributed by atoms with van der Waals surface area (Å²) >= 11 is 0. The molecule has 1 fully saturated rings. The molecule has 0 saturated heterocycles. The predicted molar refractivity (Wildman–Crippen MR) is 73.4 cm³/mol. The zero-order chi connectivity index (χ0) is 15.8. The van der Waals surface area contributed by atoms with Crippen LogP contribution in [0.5, 0.6) is 0 Å². The maximum Gasteiger partial charge on any atom is 0.243 e. The summed E-state index contributed by atoms with van der Waals surface area (Å²) in [5.41, 5.74) is 0. The highest BCUT2D eigenvalue weighted by Crippen LogP contribution is 2.32. The molecule has 0 spiro atoms. The fraction of sp³-hybridized carbons (Fsp3) is 0.500. The van der Waals surface area contributed by atoms with Gasteiger partial charge in [-0.25, -0.2) is 25.9 Å². The smallest absolute Gasteiger partial charge is 0.243 e. The molecule has 0 bridgehead atoms. The van der Waals surface area contributed by atoms with Crippen molar-refractivity contribution in [1.29, 1.82) is 0 Å². The summed E-state index contributed by atoms with van der Waals surface area (Å²) in [7, 11) is -7.87. The van der Waals surface area contributed by atoms with E-state index < -0.39 is 36.7 Å². The van der Waals surface area contributed by atoms with Crippen molar-refractivity contribution in [3.05, 3.63) is 24.0 Å². The molecule has 0 aliphatic heterocycles. The molecule has 0 heterocycles. The average molecular weight is 337 g/mol. The Morgan fingerprint density at radius 2 is 1.95 bits per heavy atom. The molecule has 1 aliphatic carbocycles. The Morgan fingerprint density at radius 3 is 2.48 bits per heavy atom. The van der Waals surface area contributed by atoms with Crippen LogP contribution in [0, 0.1) is 11.7 Å². The van der Waals surface area contributed by atoms with Crippen molar-refractivity contribution in [3.8, 4) is 0 Å². The van der Waals surface area contributed by atoms with Crippen molar-refractivity contribution in [2.75, 3.05) is 12.8 Å². The number of sulfonamides is 1. The van der Waals surface area contributed by atoms with Crippen molar-refractivity contribution in [1.82, 2.24) is 4.72 Å². The molecule has 118 valence electrons. The topological polar surface area (TPSA) is 101 Å². The van der Waals surface area contributed by atoms with E-state index in [0.29, 0.717) is 0 Å². The van der Waals surface area contributed by atoms with Gasteiger partial charge in [-0.3, -0.25) is 0 Å². The zero-order valence-electron chi connectivity index (χ0n) is 11.3. The third-order valence-corrected chi connectivity index (χ3v) is 5.82. The Bertz CT molecular complexity index is 741. The minimum atomic E-state index is -4.22. The van der Waals surface area contributed by atoms with E-state index in [4.69, 9.17) is 0 Å². The second-order valence-corrected chi connectivity index (χ2v) is 8.87. The first-order valence-electron chi connectivity index (χ1n) is 6.28. The SMILES string of the molecule is CS(=O)(=O)c1ccc(F)c(S(=O)(=O)NCC(O)C2CC2)c1. The fourth-order valence-corrected chi connectivity index (χ4v) is 3.72. The molecule has 1 aromatic rings. The van der Waals surface area contributed by atoms with Crippen LogP contribution >= 0.6 is 0 Å². The quantitative estimate of drug-likeness (QED) is 0.726. The number of aliphatic hydroxyl groups is 1. The molecule has 2 N–H and O–H groups in total. The Labute approximate surface area is 123 Å². The number of rotatable bonds is 6. The first-order valence-corrected chi connectivity index (χ1v) is 9.66. The number of benzene rings is 1. The Hall–Kier alpha value is -1.03. The molecule has 2 rings (SSSR count). The summed E-state index contributed by atoms with van der Waals surface area (Å²) in [6.07, 6.45) is 1.75. The van der Waals surface area contributed by atoms with Gasteiger partial charge in [-0.1, -0.05) is 0 Å². The summed E-state index contributed by atoms with van der Waals surface area (Å²) < 4.78 is 62.6. The van der Waals surface area contributed by atoms with Gasteiger partial charge in [0.05, 0.1) is 11.0 Å². The van der Waals surface area contributed by atoms with Gasteiger partial charge in [-0.05, 0) is 37.0 Å². The average Bonchev–Trinajstić information content (AvgIpc) is 3.19. The molecule has 1 unspecified atom stereocenters. The van der Waals surface area contributed by atoms with E-state index in [2.05, 4.69) is 4.72 Å². The van der Waals surface area contributed by atoms with Gasteiger partial charge in [0, 0.05) is 12.8 Å². The number of halogens is 1. The number of sulfone groups is 1. The van der Waals surface area contributed by atoms with Crippen LogP contribution in [0.3, 0.4) is 0 Å². The monoisotopic (exact) mass is 337 g/mol. The molecule has 0 amide bonds. The number of nitrogens with one attached hydrogen (secondary N) is 1. The number of hydrogen-bond donors (Lipinski definition) is 2. The van der Waals surface area contributed by atoms with Crippen LogP contribution in [-0.4, -0.2) is 40.8 Å². The minimum Gasteiger partial charge on any atom is -0.391 e. The fourth-order valence-electron chi connectivity index (χ4n) is 1.84. The van der Waals surface area contributed by atoms with Crippen LogP contribution in [0.1, 0.15) is 12.8 Å². The summed E-state index contributed by atoms with van der Waals surface area (Å²) in [6.45, 7) is -0.227. The molecule has 0 radical (unpaired) electrons. The molecule has 6 nitrogen and oxygen atoms in total. The zero-order valence-corrected chi connectivity index (χ0v) is 12.9. The number of hydrogen-bond acceptors (Lipinski definition) is 5. The minimum absolute atomic E-state index is 0.0694. The molecule has 1 atom stereocenters. The summed E-state index contributed by atoms with van der Waals surface area (Å²) in [4.78, 5) is -1.03. The third kappa shape index (κ3) is 4.00. The van der Waals surface area contributed by atoms with Crippen LogP contribution in [0.25, 0.3) is 0 Å². The summed E-state index contributed by atoms with van der Waals surface area (Å²) in [5, 5.41) is 9.64. The molecule has 0 aromatic heterocycles. The second kappa shape index (κ2) is 5.64. The van der Waals surface area contributed by atoms with Gasteiger partial charge in [0.15, 0.2) is 9.84 Å². The lowest BCUT2D eigenvalue weighted by molar-refractivity contribution is 0.155. The molecule has 9 heteroatoms. The van der Waals surface area contributed by atoms with E-state index in [-0.39, 0.29) is 17.4 Å². The Balaban J connectivity index is 2.26. The van der Waals surface area contributed by atoms with Crippen LogP contribution in [-0.2, 0) is 19.9 Å². The van der Waals surface area contributed by atoms with Crippen LogP contribution in [0.15, 0.2) is 28.0 Å². The maximum absolute atomic E-state index is 13.7. The molecule has 1 aromatic carbocycles. The van der Waals surface area contributed by atoms with Gasteiger partial charge in [-0.2, -0.15) is 0 Å². The van der Waals surface area contributed by atoms with Gasteiger partial charge >= 0.3 is 0 Å². The molecule has 1 saturated carbocycles. The van der Waals surface area contributed by atoms with Gasteiger partial charge in [-0.15, -0.1) is 0 Å². The lowest BCUT2D eigenvalue weighted by Gasteiger charge is -2.12. The van der Waals surface area contributed by atoms with Crippen molar-refractivity contribution in [2.24, 2.45) is 5.92 Å². The van der Waals surface area contributed by atoms with Crippen LogP contribution in [0.4, 0.5) is 4.39 Å². The van der Waals surface area contributed by atoms with E-state index in [1.165, 1.54) is 0 Å². The molecule has 21 heavy (non-hydrogen) atoms. The highest BCUT2D eigenvalue weighted by Gasteiger charge is 2.31. The molecular weight excluding hydrogens is 321 g/mol. The lowest BCUT2D eigenvalue weighted by Crippen LogP contribution is -2.33. The van der Waals surface area contributed by atoms with E-state index in [9.17, 15) is 26.3 Å². The first-order chi connectivity index (χ1) is 9.61. The van der Waals surface area contributed by atoms with Gasteiger partial charge in [0.1, 0.15) is 10.7 Å². The largest absolute Gasteiger partial charge is 0.391 e. The van der Waals surface area contributed by atoms with Crippen molar-refractivity contribution in [2.45, 2.75) is 28.7 Å². The highest BCUT2D eigenvalue weighted by molar-refractivity contribution is 7.91.